The molecule has 0 aromatic carbocycles. The van der Waals surface area contributed by atoms with E-state index in [-0.39, 0.29) is 22.3 Å². The maximum absolute atomic E-state index is 10.3. The SMILES string of the molecule is [C-]#[N+]C=C1[C@H](O[Si](C)(C)C(C)(C)C)CC(=C/C=C2\CCCC3(C)C2CCC3[C@@H](C)CCCC(C)(C)O)C[C@H]1O[Si](C)(C)C(C)(C)C. The summed E-state index contributed by atoms with van der Waals surface area (Å²) >= 11 is 0. The second kappa shape index (κ2) is 14.5. The summed E-state index contributed by atoms with van der Waals surface area (Å²) in [6.45, 7) is 39.9. The maximum atomic E-state index is 10.3. The summed E-state index contributed by atoms with van der Waals surface area (Å²) in [6.07, 6.45) is 17.8. The lowest BCUT2D eigenvalue weighted by molar-refractivity contribution is 0.0596. The number of nitrogens with zero attached hydrogens (tertiary/aromatic N) is 1. The van der Waals surface area contributed by atoms with Crippen LogP contribution in [0.15, 0.2) is 35.1 Å². The van der Waals surface area contributed by atoms with Crippen LogP contribution in [0.2, 0.25) is 36.3 Å². The van der Waals surface area contributed by atoms with Gasteiger partial charge >= 0.3 is 0 Å². The molecule has 0 aromatic heterocycles. The van der Waals surface area contributed by atoms with Gasteiger partial charge in [-0.05, 0) is 130 Å². The third kappa shape index (κ3) is 9.38. The number of aliphatic hydroxyl groups is 1. The largest absolute Gasteiger partial charge is 0.411 e. The van der Waals surface area contributed by atoms with Crippen LogP contribution in [0, 0.1) is 29.7 Å². The summed E-state index contributed by atoms with van der Waals surface area (Å²) in [5.74, 6) is 2.12. The highest BCUT2D eigenvalue weighted by atomic mass is 28.4. The number of hydrogen-bond acceptors (Lipinski definition) is 3. The lowest BCUT2D eigenvalue weighted by Gasteiger charge is -2.46. The number of rotatable bonds is 10. The normalized spacial score (nSPS) is 29.8. The third-order valence-electron chi connectivity index (χ3n) is 13.0. The van der Waals surface area contributed by atoms with Crippen molar-refractivity contribution in [2.75, 3.05) is 0 Å². The molecule has 0 amide bonds. The highest BCUT2D eigenvalue weighted by Crippen LogP contribution is 2.60. The van der Waals surface area contributed by atoms with Crippen molar-refractivity contribution in [3.63, 3.8) is 0 Å². The van der Waals surface area contributed by atoms with Gasteiger partial charge in [-0.25, -0.2) is 4.85 Å². The summed E-state index contributed by atoms with van der Waals surface area (Å²) in [6, 6.07) is 0. The molecule has 6 atom stereocenters. The molecular formula is C40H71NO3Si2. The molecule has 6 heteroatoms. The van der Waals surface area contributed by atoms with E-state index in [1.165, 1.54) is 44.1 Å². The van der Waals surface area contributed by atoms with Crippen LogP contribution in [0.25, 0.3) is 4.85 Å². The maximum Gasteiger partial charge on any atom is 0.192 e. The van der Waals surface area contributed by atoms with Crippen molar-refractivity contribution >= 4 is 16.6 Å². The van der Waals surface area contributed by atoms with E-state index in [4.69, 9.17) is 15.4 Å². The van der Waals surface area contributed by atoms with Crippen LogP contribution >= 0.6 is 0 Å². The molecule has 0 bridgehead atoms. The van der Waals surface area contributed by atoms with Gasteiger partial charge in [0.1, 0.15) is 0 Å². The van der Waals surface area contributed by atoms with Gasteiger partial charge in [-0.15, -0.1) is 0 Å². The first-order chi connectivity index (χ1) is 20.9. The van der Waals surface area contributed by atoms with E-state index in [0.29, 0.717) is 17.3 Å². The summed E-state index contributed by atoms with van der Waals surface area (Å²) in [5, 5.41) is 10.4. The summed E-state index contributed by atoms with van der Waals surface area (Å²) in [4.78, 5) is 3.80. The molecule has 0 spiro atoms. The molecule has 0 aliphatic heterocycles. The van der Waals surface area contributed by atoms with E-state index < -0.39 is 22.2 Å². The van der Waals surface area contributed by atoms with Crippen molar-refractivity contribution in [2.45, 2.75) is 188 Å². The Morgan fingerprint density at radius 2 is 1.48 bits per heavy atom. The Labute approximate surface area is 287 Å². The van der Waals surface area contributed by atoms with Crippen molar-refractivity contribution in [3.05, 3.63) is 46.5 Å². The van der Waals surface area contributed by atoms with Crippen molar-refractivity contribution in [1.29, 1.82) is 0 Å². The Balaban J connectivity index is 1.92. The van der Waals surface area contributed by atoms with E-state index in [0.717, 1.165) is 37.2 Å². The fraction of sp³-hybridized carbons (Fsp3) is 0.825. The molecule has 262 valence electrons. The smallest absolute Gasteiger partial charge is 0.192 e. The molecule has 3 unspecified atom stereocenters. The monoisotopic (exact) mass is 669 g/mol. The molecule has 3 aliphatic carbocycles. The van der Waals surface area contributed by atoms with Crippen LogP contribution in [0.4, 0.5) is 0 Å². The fourth-order valence-corrected chi connectivity index (χ4v) is 10.7. The van der Waals surface area contributed by atoms with E-state index >= 15 is 0 Å². The van der Waals surface area contributed by atoms with Crippen LogP contribution in [-0.4, -0.2) is 39.6 Å². The predicted octanol–water partition coefficient (Wildman–Crippen LogP) is 12.0. The summed E-state index contributed by atoms with van der Waals surface area (Å²) < 4.78 is 14.3. The molecule has 0 heterocycles. The van der Waals surface area contributed by atoms with Gasteiger partial charge in [-0.3, -0.25) is 0 Å². The molecule has 3 fully saturated rings. The Bertz CT molecular complexity index is 1140. The van der Waals surface area contributed by atoms with Gasteiger partial charge in [0.25, 0.3) is 0 Å². The zero-order valence-electron chi connectivity index (χ0n) is 32.4. The Morgan fingerprint density at radius 3 is 1.96 bits per heavy atom. The molecule has 0 aromatic rings. The van der Waals surface area contributed by atoms with Crippen LogP contribution < -0.4 is 0 Å². The molecule has 3 aliphatic rings. The van der Waals surface area contributed by atoms with E-state index in [1.807, 2.05) is 13.8 Å². The number of hydrogen-bond donors (Lipinski definition) is 1. The highest BCUT2D eigenvalue weighted by Gasteiger charge is 2.51. The fourth-order valence-electron chi connectivity index (χ4n) is 8.16. The topological polar surface area (TPSA) is 43.0 Å². The third-order valence-corrected chi connectivity index (χ3v) is 22.0. The Kier molecular flexibility index (Phi) is 12.4. The van der Waals surface area contributed by atoms with Gasteiger partial charge in [0.2, 0.25) is 0 Å². The van der Waals surface area contributed by atoms with Gasteiger partial charge < -0.3 is 14.0 Å². The Hall–Kier alpha value is -0.976. The zero-order valence-corrected chi connectivity index (χ0v) is 34.4. The molecule has 1 N–H and O–H groups in total. The Morgan fingerprint density at radius 1 is 0.935 bits per heavy atom. The van der Waals surface area contributed by atoms with E-state index in [1.54, 1.807) is 11.8 Å². The van der Waals surface area contributed by atoms with Crippen molar-refractivity contribution in [3.8, 4) is 0 Å². The minimum atomic E-state index is -2.08. The van der Waals surface area contributed by atoms with Gasteiger partial charge in [0, 0.05) is 0 Å². The average Bonchev–Trinajstić information content (AvgIpc) is 3.24. The molecule has 0 saturated heterocycles. The molecule has 4 nitrogen and oxygen atoms in total. The van der Waals surface area contributed by atoms with E-state index in [9.17, 15) is 5.11 Å². The van der Waals surface area contributed by atoms with E-state index in [2.05, 4.69) is 98.6 Å². The molecule has 3 rings (SSSR count). The first-order valence-electron chi connectivity index (χ1n) is 18.4. The van der Waals surface area contributed by atoms with Crippen molar-refractivity contribution < 1.29 is 14.0 Å². The average molecular weight is 670 g/mol. The van der Waals surface area contributed by atoms with Gasteiger partial charge in [-0.2, -0.15) is 0 Å². The minimum absolute atomic E-state index is 0.0896. The lowest BCUT2D eigenvalue weighted by atomic mass is 9.60. The van der Waals surface area contributed by atoms with Crippen molar-refractivity contribution in [1.82, 2.24) is 0 Å². The highest BCUT2D eigenvalue weighted by molar-refractivity contribution is 6.74. The minimum Gasteiger partial charge on any atom is -0.411 e. The van der Waals surface area contributed by atoms with Crippen LogP contribution in [0.3, 0.4) is 0 Å². The van der Waals surface area contributed by atoms with Crippen LogP contribution in [0.1, 0.15) is 133 Å². The van der Waals surface area contributed by atoms with Gasteiger partial charge in [0.05, 0.1) is 24.4 Å². The molecule has 0 radical (unpaired) electrons. The first-order valence-corrected chi connectivity index (χ1v) is 24.3. The van der Waals surface area contributed by atoms with Gasteiger partial charge in [0.15, 0.2) is 22.8 Å². The quantitative estimate of drug-likeness (QED) is 0.186. The summed E-state index contributed by atoms with van der Waals surface area (Å²) in [7, 11) is -4.17. The number of fused-ring (bicyclic) bond motifs is 1. The molecule has 3 saturated carbocycles. The summed E-state index contributed by atoms with van der Waals surface area (Å²) in [5.41, 5.74) is 3.92. The number of allylic oxidation sites excluding steroid dienone is 3. The second-order valence-electron chi connectivity index (χ2n) is 19.2. The van der Waals surface area contributed by atoms with Gasteiger partial charge in [-0.1, -0.05) is 91.5 Å². The first kappa shape index (κ1) is 39.5. The second-order valence-corrected chi connectivity index (χ2v) is 28.8. The van der Waals surface area contributed by atoms with Crippen molar-refractivity contribution in [2.24, 2.45) is 23.2 Å². The standard InChI is InChI=1S/C40H71NO3Si2/c1-29(18-16-24-39(8,9)42)33-22-23-34-31(19-17-25-40(33,34)10)21-20-30-26-35(43-45(12,13)37(2,3)4)32(28-41-11)36(27-30)44-46(14,15)38(5,6)7/h20-21,28-29,33-36,42H,16-19,22-27H2,1-10,12-15H3/b30-20?,31-21+,32-28?/t29-,33?,34?,35+,36+,40?/m0/s1. The molecule has 46 heavy (non-hydrogen) atoms. The lowest BCUT2D eigenvalue weighted by Crippen LogP contribution is -2.50. The molecular weight excluding hydrogens is 599 g/mol. The van der Waals surface area contributed by atoms with Crippen LogP contribution in [-0.2, 0) is 8.85 Å². The predicted molar refractivity (Wildman–Crippen MR) is 202 cm³/mol. The zero-order chi connectivity index (χ0) is 34.9. The van der Waals surface area contributed by atoms with Crippen LogP contribution in [0.5, 0.6) is 0 Å².